The van der Waals surface area contributed by atoms with Crippen LogP contribution in [0.1, 0.15) is 20.3 Å². The quantitative estimate of drug-likeness (QED) is 0.507. The van der Waals surface area contributed by atoms with E-state index in [9.17, 15) is 4.79 Å². The van der Waals surface area contributed by atoms with Gasteiger partial charge in [0.25, 0.3) is 0 Å². The molecule has 0 aliphatic heterocycles. The largest absolute Gasteiger partial charge is 0.338 e. The van der Waals surface area contributed by atoms with Crippen LogP contribution in [0, 0.1) is 0 Å². The Balaban J connectivity index is 3.78. The van der Waals surface area contributed by atoms with Crippen LogP contribution in [0.15, 0.2) is 12.2 Å². The monoisotopic (exact) mass is 230 g/mol. The summed E-state index contributed by atoms with van der Waals surface area (Å²) in [6.07, 6.45) is 0.977. The van der Waals surface area contributed by atoms with Gasteiger partial charge < -0.3 is 10.6 Å². The van der Waals surface area contributed by atoms with Gasteiger partial charge in [-0.15, -0.1) is 0 Å². The Labute approximate surface area is 97.1 Å². The zero-order valence-electron chi connectivity index (χ0n) is 9.79. The third-order valence-electron chi connectivity index (χ3n) is 1.91. The summed E-state index contributed by atoms with van der Waals surface area (Å²) in [6.45, 7) is 9.88. The highest BCUT2D eigenvalue weighted by Crippen LogP contribution is 2.05. The van der Waals surface area contributed by atoms with Crippen molar-refractivity contribution in [2.24, 2.45) is 5.73 Å². The lowest BCUT2D eigenvalue weighted by Gasteiger charge is -2.20. The third kappa shape index (κ3) is 7.45. The number of amides is 1. The van der Waals surface area contributed by atoms with E-state index in [1.165, 1.54) is 0 Å². The number of carbonyl (C=O) groups excluding carboxylic acids is 1. The van der Waals surface area contributed by atoms with Crippen molar-refractivity contribution in [2.45, 2.75) is 20.3 Å². The van der Waals surface area contributed by atoms with E-state index in [0.717, 1.165) is 24.3 Å². The Kier molecular flexibility index (Phi) is 8.52. The summed E-state index contributed by atoms with van der Waals surface area (Å²) in [4.78, 5) is 13.5. The molecule has 4 heteroatoms. The van der Waals surface area contributed by atoms with Crippen molar-refractivity contribution in [3.8, 4) is 0 Å². The molecule has 0 radical (unpaired) electrons. The summed E-state index contributed by atoms with van der Waals surface area (Å²) < 4.78 is 0. The number of hydrogen-bond acceptors (Lipinski definition) is 3. The van der Waals surface area contributed by atoms with E-state index in [1.807, 2.05) is 18.7 Å². The Morgan fingerprint density at radius 2 is 2.20 bits per heavy atom. The number of carbonyl (C=O) groups is 1. The molecule has 15 heavy (non-hydrogen) atoms. The molecule has 0 spiro atoms. The second-order valence-electron chi connectivity index (χ2n) is 3.56. The number of nitrogens with zero attached hydrogens (tertiary/aromatic N) is 1. The van der Waals surface area contributed by atoms with Crippen LogP contribution in [0.2, 0.25) is 0 Å². The first-order valence-corrected chi connectivity index (χ1v) is 6.47. The Morgan fingerprint density at radius 1 is 1.53 bits per heavy atom. The number of rotatable bonds is 8. The lowest BCUT2D eigenvalue weighted by Crippen LogP contribution is -2.33. The van der Waals surface area contributed by atoms with E-state index in [-0.39, 0.29) is 5.91 Å². The maximum atomic E-state index is 11.7. The smallest absolute Gasteiger partial charge is 0.232 e. The van der Waals surface area contributed by atoms with Crippen LogP contribution in [0.3, 0.4) is 0 Å². The molecule has 0 aliphatic rings. The number of nitrogens with two attached hydrogens (primary N) is 1. The molecule has 0 atom stereocenters. The topological polar surface area (TPSA) is 46.3 Å². The van der Waals surface area contributed by atoms with Gasteiger partial charge in [0, 0.05) is 13.1 Å². The molecular formula is C11H22N2OS. The molecule has 0 rings (SSSR count). The van der Waals surface area contributed by atoms with Crippen molar-refractivity contribution in [1.29, 1.82) is 0 Å². The van der Waals surface area contributed by atoms with Gasteiger partial charge in [0.05, 0.1) is 5.75 Å². The first kappa shape index (κ1) is 14.5. The number of hydrogen-bond donors (Lipinski definition) is 1. The average Bonchev–Trinajstić information content (AvgIpc) is 2.20. The van der Waals surface area contributed by atoms with Crippen LogP contribution in [0.25, 0.3) is 0 Å². The number of likely N-dealkylation sites (N-methyl/N-ethyl adjacent to an activating group) is 1. The van der Waals surface area contributed by atoms with E-state index in [1.54, 1.807) is 11.8 Å². The van der Waals surface area contributed by atoms with Gasteiger partial charge in [-0.25, -0.2) is 0 Å². The average molecular weight is 230 g/mol. The lowest BCUT2D eigenvalue weighted by molar-refractivity contribution is -0.127. The van der Waals surface area contributed by atoms with Gasteiger partial charge in [-0.1, -0.05) is 12.2 Å². The fourth-order valence-electron chi connectivity index (χ4n) is 1.14. The first-order chi connectivity index (χ1) is 7.11. The van der Waals surface area contributed by atoms with Crippen LogP contribution in [0.4, 0.5) is 0 Å². The van der Waals surface area contributed by atoms with E-state index in [4.69, 9.17) is 5.73 Å². The van der Waals surface area contributed by atoms with Crippen molar-refractivity contribution in [2.75, 3.05) is 31.1 Å². The highest BCUT2D eigenvalue weighted by molar-refractivity contribution is 7.99. The number of thioether (sulfide) groups is 1. The minimum absolute atomic E-state index is 0.197. The molecule has 1 amide bonds. The molecule has 0 fully saturated rings. The van der Waals surface area contributed by atoms with Crippen molar-refractivity contribution in [1.82, 2.24) is 4.90 Å². The summed E-state index contributed by atoms with van der Waals surface area (Å²) in [6, 6.07) is 0. The summed E-state index contributed by atoms with van der Waals surface area (Å²) in [7, 11) is 0. The minimum atomic E-state index is 0.197. The molecule has 88 valence electrons. The SMILES string of the molecule is C=C(C)CN(CC)C(=O)CSCCCN. The predicted molar refractivity (Wildman–Crippen MR) is 68.1 cm³/mol. The van der Waals surface area contributed by atoms with Gasteiger partial charge in [0.15, 0.2) is 0 Å². The molecule has 0 aromatic heterocycles. The molecule has 0 aromatic rings. The predicted octanol–water partition coefficient (Wildman–Crippen LogP) is 1.49. The first-order valence-electron chi connectivity index (χ1n) is 5.31. The van der Waals surface area contributed by atoms with E-state index < -0.39 is 0 Å². The lowest BCUT2D eigenvalue weighted by atomic mass is 10.3. The van der Waals surface area contributed by atoms with Gasteiger partial charge >= 0.3 is 0 Å². The maximum Gasteiger partial charge on any atom is 0.232 e. The van der Waals surface area contributed by atoms with E-state index in [0.29, 0.717) is 18.8 Å². The van der Waals surface area contributed by atoms with Gasteiger partial charge in [0.1, 0.15) is 0 Å². The van der Waals surface area contributed by atoms with E-state index >= 15 is 0 Å². The van der Waals surface area contributed by atoms with Crippen LogP contribution >= 0.6 is 11.8 Å². The molecule has 0 saturated heterocycles. The molecule has 0 heterocycles. The van der Waals surface area contributed by atoms with Crippen molar-refractivity contribution < 1.29 is 4.79 Å². The normalized spacial score (nSPS) is 10.1. The van der Waals surface area contributed by atoms with Gasteiger partial charge in [-0.3, -0.25) is 4.79 Å². The highest BCUT2D eigenvalue weighted by atomic mass is 32.2. The minimum Gasteiger partial charge on any atom is -0.338 e. The summed E-state index contributed by atoms with van der Waals surface area (Å²) in [5.41, 5.74) is 6.40. The summed E-state index contributed by atoms with van der Waals surface area (Å²) in [5.74, 6) is 1.72. The van der Waals surface area contributed by atoms with Gasteiger partial charge in [-0.05, 0) is 32.6 Å². The van der Waals surface area contributed by atoms with Gasteiger partial charge in [-0.2, -0.15) is 11.8 Å². The molecular weight excluding hydrogens is 208 g/mol. The molecule has 2 N–H and O–H groups in total. The third-order valence-corrected chi connectivity index (χ3v) is 2.94. The van der Waals surface area contributed by atoms with Crippen molar-refractivity contribution >= 4 is 17.7 Å². The molecule has 0 bridgehead atoms. The van der Waals surface area contributed by atoms with Gasteiger partial charge in [0.2, 0.25) is 5.91 Å². The van der Waals surface area contributed by atoms with Crippen LogP contribution in [0.5, 0.6) is 0 Å². The summed E-state index contributed by atoms with van der Waals surface area (Å²) in [5, 5.41) is 0. The van der Waals surface area contributed by atoms with Crippen LogP contribution < -0.4 is 5.73 Å². The zero-order valence-corrected chi connectivity index (χ0v) is 10.6. The Hall–Kier alpha value is -0.480. The highest BCUT2D eigenvalue weighted by Gasteiger charge is 2.10. The fourth-order valence-corrected chi connectivity index (χ4v) is 2.01. The second-order valence-corrected chi connectivity index (χ2v) is 4.67. The Morgan fingerprint density at radius 3 is 2.67 bits per heavy atom. The van der Waals surface area contributed by atoms with E-state index in [2.05, 4.69) is 6.58 Å². The van der Waals surface area contributed by atoms with Crippen LogP contribution in [-0.2, 0) is 4.79 Å². The maximum absolute atomic E-state index is 11.7. The second kappa shape index (κ2) is 8.80. The molecule has 0 aromatic carbocycles. The molecule has 3 nitrogen and oxygen atoms in total. The van der Waals surface area contributed by atoms with Crippen molar-refractivity contribution in [3.63, 3.8) is 0 Å². The molecule has 0 saturated carbocycles. The Bertz CT molecular complexity index is 207. The zero-order chi connectivity index (χ0) is 11.7. The molecule has 0 aliphatic carbocycles. The van der Waals surface area contributed by atoms with Crippen molar-refractivity contribution in [3.05, 3.63) is 12.2 Å². The molecule has 0 unspecified atom stereocenters. The fraction of sp³-hybridized carbons (Fsp3) is 0.727. The summed E-state index contributed by atoms with van der Waals surface area (Å²) >= 11 is 1.66. The van der Waals surface area contributed by atoms with Crippen LogP contribution in [-0.4, -0.2) is 41.9 Å². The standard InChI is InChI=1S/C11H22N2OS/c1-4-13(8-10(2)3)11(14)9-15-7-5-6-12/h2,4-9,12H2,1,3H3.